The van der Waals surface area contributed by atoms with Gasteiger partial charge in [-0.05, 0) is 31.2 Å². The van der Waals surface area contributed by atoms with Gasteiger partial charge in [0.2, 0.25) is 0 Å². The lowest BCUT2D eigenvalue weighted by Crippen LogP contribution is -1.99. The van der Waals surface area contributed by atoms with E-state index < -0.39 is 0 Å². The van der Waals surface area contributed by atoms with Crippen LogP contribution in [-0.2, 0) is 0 Å². The molecule has 3 heteroatoms. The molecule has 3 nitrogen and oxygen atoms in total. The highest BCUT2D eigenvalue weighted by Crippen LogP contribution is 2.10. The molecule has 1 aromatic heterocycles. The molecule has 0 aliphatic carbocycles. The molecule has 0 aliphatic heterocycles. The van der Waals surface area contributed by atoms with Crippen molar-refractivity contribution in [3.63, 3.8) is 0 Å². The van der Waals surface area contributed by atoms with E-state index in [0.29, 0.717) is 16.7 Å². The Hall–Kier alpha value is -2.55. The maximum absolute atomic E-state index is 11.3. The van der Waals surface area contributed by atoms with Crippen LogP contribution < -0.4 is 10.2 Å². The maximum Gasteiger partial charge on any atom is 0.192 e. The fourth-order valence-corrected chi connectivity index (χ4v) is 1.78. The standard InChI is InChI=1S/C10H8O2.C7H8O.C2H6/c1-7-6-9(11)8-4-2-3-5-10(8)12-7;1-8-7-5-3-2-4-6-7;1-2/h2-6H,1H3;2-6H,1H3;1-2H3. The Balaban J connectivity index is 0.000000211. The van der Waals surface area contributed by atoms with E-state index >= 15 is 0 Å². The number of ether oxygens (including phenoxy) is 1. The van der Waals surface area contributed by atoms with E-state index in [0.717, 1.165) is 5.75 Å². The first-order chi connectivity index (χ1) is 10.7. The maximum atomic E-state index is 11.3. The molecule has 3 aromatic rings. The van der Waals surface area contributed by atoms with Crippen LogP contribution in [0.2, 0.25) is 0 Å². The van der Waals surface area contributed by atoms with Crippen molar-refractivity contribution in [1.29, 1.82) is 0 Å². The van der Waals surface area contributed by atoms with E-state index in [1.807, 2.05) is 56.3 Å². The van der Waals surface area contributed by atoms with Crippen LogP contribution in [0.4, 0.5) is 0 Å². The third kappa shape index (κ3) is 5.09. The minimum Gasteiger partial charge on any atom is -0.497 e. The van der Waals surface area contributed by atoms with Crippen molar-refractivity contribution in [3.8, 4) is 5.75 Å². The molecule has 2 aromatic carbocycles. The summed E-state index contributed by atoms with van der Waals surface area (Å²) in [5, 5.41) is 0.642. The quantitative estimate of drug-likeness (QED) is 0.646. The van der Waals surface area contributed by atoms with Gasteiger partial charge in [0.15, 0.2) is 5.43 Å². The van der Waals surface area contributed by atoms with Gasteiger partial charge < -0.3 is 9.15 Å². The molecule has 1 heterocycles. The van der Waals surface area contributed by atoms with Gasteiger partial charge >= 0.3 is 0 Å². The second kappa shape index (κ2) is 9.40. The third-order valence-corrected chi connectivity index (χ3v) is 2.74. The number of para-hydroxylation sites is 2. The molecule has 0 radical (unpaired) electrons. The summed E-state index contributed by atoms with van der Waals surface area (Å²) in [4.78, 5) is 11.3. The van der Waals surface area contributed by atoms with Crippen molar-refractivity contribution in [2.75, 3.05) is 7.11 Å². The second-order valence-electron chi connectivity index (χ2n) is 4.23. The van der Waals surface area contributed by atoms with Crippen molar-refractivity contribution in [2.24, 2.45) is 0 Å². The number of fused-ring (bicyclic) bond motifs is 1. The molecule has 0 unspecified atom stereocenters. The zero-order valence-corrected chi connectivity index (χ0v) is 13.5. The van der Waals surface area contributed by atoms with E-state index in [1.165, 1.54) is 6.07 Å². The summed E-state index contributed by atoms with van der Waals surface area (Å²) >= 11 is 0. The Morgan fingerprint density at radius 1 is 0.909 bits per heavy atom. The lowest BCUT2D eigenvalue weighted by molar-refractivity contribution is 0.415. The third-order valence-electron chi connectivity index (χ3n) is 2.74. The van der Waals surface area contributed by atoms with Crippen LogP contribution in [0.3, 0.4) is 0 Å². The highest BCUT2D eigenvalue weighted by atomic mass is 16.5. The molecule has 0 N–H and O–H groups in total. The molecule has 22 heavy (non-hydrogen) atoms. The highest BCUT2D eigenvalue weighted by Gasteiger charge is 1.98. The monoisotopic (exact) mass is 298 g/mol. The van der Waals surface area contributed by atoms with E-state index in [9.17, 15) is 4.79 Å². The summed E-state index contributed by atoms with van der Waals surface area (Å²) in [7, 11) is 1.66. The lowest BCUT2D eigenvalue weighted by atomic mass is 10.2. The average molecular weight is 298 g/mol. The lowest BCUT2D eigenvalue weighted by Gasteiger charge is -1.96. The van der Waals surface area contributed by atoms with E-state index in [4.69, 9.17) is 9.15 Å². The average Bonchev–Trinajstić information content (AvgIpc) is 2.58. The fourth-order valence-electron chi connectivity index (χ4n) is 1.78. The SMILES string of the molecule is CC.COc1ccccc1.Cc1cc(=O)c2ccccc2o1. The van der Waals surface area contributed by atoms with Crippen molar-refractivity contribution < 1.29 is 9.15 Å². The van der Waals surface area contributed by atoms with Crippen molar-refractivity contribution >= 4 is 11.0 Å². The largest absolute Gasteiger partial charge is 0.497 e. The first-order valence-corrected chi connectivity index (χ1v) is 7.29. The summed E-state index contributed by atoms with van der Waals surface area (Å²) in [6.45, 7) is 5.77. The molecule has 0 saturated carbocycles. The van der Waals surface area contributed by atoms with E-state index in [2.05, 4.69) is 0 Å². The Bertz CT molecular complexity index is 730. The number of aryl methyl sites for hydroxylation is 1. The minimum atomic E-state index is 0.0225. The molecule has 0 amide bonds. The summed E-state index contributed by atoms with van der Waals surface area (Å²) in [5.74, 6) is 1.56. The number of methoxy groups -OCH3 is 1. The van der Waals surface area contributed by atoms with Crippen LogP contribution in [0.1, 0.15) is 19.6 Å². The predicted octanol–water partition coefficient (Wildman–Crippen LogP) is 4.82. The van der Waals surface area contributed by atoms with Gasteiger partial charge in [0.05, 0.1) is 12.5 Å². The van der Waals surface area contributed by atoms with Crippen LogP contribution in [0.25, 0.3) is 11.0 Å². The fraction of sp³-hybridized carbons (Fsp3) is 0.211. The molecule has 0 bridgehead atoms. The van der Waals surface area contributed by atoms with Gasteiger partial charge in [0.1, 0.15) is 17.1 Å². The van der Waals surface area contributed by atoms with Gasteiger partial charge in [-0.15, -0.1) is 0 Å². The number of hydrogen-bond acceptors (Lipinski definition) is 3. The Morgan fingerprint density at radius 3 is 2.09 bits per heavy atom. The predicted molar refractivity (Wildman–Crippen MR) is 91.6 cm³/mol. The molecule has 0 saturated heterocycles. The molecular formula is C19H22O3. The number of hydrogen-bond donors (Lipinski definition) is 0. The number of rotatable bonds is 1. The van der Waals surface area contributed by atoms with Gasteiger partial charge in [-0.3, -0.25) is 4.79 Å². The Morgan fingerprint density at radius 2 is 1.50 bits per heavy atom. The van der Waals surface area contributed by atoms with Gasteiger partial charge in [-0.25, -0.2) is 0 Å². The molecule has 0 aliphatic rings. The molecule has 3 rings (SSSR count). The van der Waals surface area contributed by atoms with E-state index in [-0.39, 0.29) is 5.43 Å². The first-order valence-electron chi connectivity index (χ1n) is 7.29. The smallest absolute Gasteiger partial charge is 0.192 e. The van der Waals surface area contributed by atoms with Crippen LogP contribution in [0.5, 0.6) is 5.75 Å². The Kier molecular flexibility index (Phi) is 7.48. The highest BCUT2D eigenvalue weighted by molar-refractivity contribution is 5.75. The summed E-state index contributed by atoms with van der Waals surface area (Å²) in [6.07, 6.45) is 0. The first kappa shape index (κ1) is 17.5. The van der Waals surface area contributed by atoms with Crippen LogP contribution in [-0.4, -0.2) is 7.11 Å². The van der Waals surface area contributed by atoms with Crippen LogP contribution in [0.15, 0.2) is 69.9 Å². The van der Waals surface area contributed by atoms with Gasteiger partial charge in [-0.2, -0.15) is 0 Å². The van der Waals surface area contributed by atoms with Crippen LogP contribution >= 0.6 is 0 Å². The minimum absolute atomic E-state index is 0.0225. The molecule has 0 fully saturated rings. The summed E-state index contributed by atoms with van der Waals surface area (Å²) < 4.78 is 10.3. The second-order valence-corrected chi connectivity index (χ2v) is 4.23. The summed E-state index contributed by atoms with van der Waals surface area (Å²) in [6, 6.07) is 18.4. The van der Waals surface area contributed by atoms with Crippen molar-refractivity contribution in [2.45, 2.75) is 20.8 Å². The van der Waals surface area contributed by atoms with Crippen LogP contribution in [0, 0.1) is 6.92 Å². The number of benzene rings is 2. The van der Waals surface area contributed by atoms with Gasteiger partial charge in [0, 0.05) is 6.07 Å². The molecule has 0 atom stereocenters. The van der Waals surface area contributed by atoms with Crippen molar-refractivity contribution in [3.05, 3.63) is 76.6 Å². The van der Waals surface area contributed by atoms with Crippen molar-refractivity contribution in [1.82, 2.24) is 0 Å². The topological polar surface area (TPSA) is 39.4 Å². The zero-order chi connectivity index (χ0) is 16.4. The molecule has 0 spiro atoms. The molecule has 116 valence electrons. The molecular weight excluding hydrogens is 276 g/mol. The van der Waals surface area contributed by atoms with Gasteiger partial charge in [-0.1, -0.05) is 44.2 Å². The zero-order valence-electron chi connectivity index (χ0n) is 13.5. The van der Waals surface area contributed by atoms with E-state index in [1.54, 1.807) is 26.2 Å². The van der Waals surface area contributed by atoms with Gasteiger partial charge in [0.25, 0.3) is 0 Å². The Labute approximate surface area is 131 Å². The normalized spacial score (nSPS) is 9.09. The summed E-state index contributed by atoms with van der Waals surface area (Å²) in [5.41, 5.74) is 0.678.